The summed E-state index contributed by atoms with van der Waals surface area (Å²) in [6.45, 7) is 9.52. The largest absolute Gasteiger partial charge is 0.0958 e. The highest BCUT2D eigenvalue weighted by Gasteiger charge is 1.80. The number of hydrogen-bond donors (Lipinski definition) is 0. The van der Waals surface area contributed by atoms with Crippen LogP contribution in [0.15, 0.2) is 35.4 Å². The first-order valence-corrected chi connectivity index (χ1v) is 3.66. The fourth-order valence-electron chi connectivity index (χ4n) is 0.326. The fourth-order valence-corrected chi connectivity index (χ4v) is 0.458. The fraction of sp³-hybridized carbons (Fsp3) is 0.250. The van der Waals surface area contributed by atoms with Crippen molar-refractivity contribution in [3.8, 4) is 0 Å². The van der Waals surface area contributed by atoms with E-state index in [0.29, 0.717) is 0 Å². The monoisotopic (exact) mass is 186 g/mol. The normalized spacial score (nSPS) is 10.0. The van der Waals surface area contributed by atoms with Gasteiger partial charge in [0.05, 0.1) is 0 Å². The minimum absolute atomic E-state index is 0.886. The van der Waals surface area contributed by atoms with Crippen LogP contribution in [0.5, 0.6) is 0 Å². The van der Waals surface area contributed by atoms with Gasteiger partial charge in [-0.3, -0.25) is 0 Å². The molecule has 0 N–H and O–H groups in total. The predicted octanol–water partition coefficient (Wildman–Crippen LogP) is 3.42. The van der Waals surface area contributed by atoms with Gasteiger partial charge >= 0.3 is 0 Å². The molecule has 0 unspecified atom stereocenters. The van der Waals surface area contributed by atoms with Crippen LogP contribution in [0.4, 0.5) is 0 Å². The Morgan fingerprint density at radius 1 is 1.44 bits per heavy atom. The zero-order valence-corrected chi connectivity index (χ0v) is 7.24. The maximum atomic E-state index is 3.80. The van der Waals surface area contributed by atoms with Crippen molar-refractivity contribution in [1.82, 2.24) is 0 Å². The van der Waals surface area contributed by atoms with E-state index in [1.165, 1.54) is 0 Å². The molecule has 0 spiro atoms. The topological polar surface area (TPSA) is 0 Å². The average molecular weight is 187 g/mol. The van der Waals surface area contributed by atoms with E-state index in [-0.39, 0.29) is 0 Å². The maximum Gasteiger partial charge on any atom is 0.0103 e. The van der Waals surface area contributed by atoms with E-state index in [2.05, 4.69) is 36.0 Å². The van der Waals surface area contributed by atoms with E-state index < -0.39 is 0 Å². The summed E-state index contributed by atoms with van der Waals surface area (Å²) in [5.41, 5.74) is 1.12. The number of rotatable bonds is 3. The molecule has 0 aromatic carbocycles. The molecule has 0 aliphatic heterocycles. The molecule has 0 atom stereocenters. The summed E-state index contributed by atoms with van der Waals surface area (Å²) < 4.78 is 0.886. The molecular weight excluding hydrogens is 176 g/mol. The van der Waals surface area contributed by atoms with Crippen LogP contribution < -0.4 is 0 Å². The van der Waals surface area contributed by atoms with Crippen LogP contribution in [0.2, 0.25) is 0 Å². The molecule has 50 valence electrons. The smallest absolute Gasteiger partial charge is 0.0103 e. The second-order valence-electron chi connectivity index (χ2n) is 1.79. The minimum atomic E-state index is 0.886. The summed E-state index contributed by atoms with van der Waals surface area (Å²) in [6.07, 6.45) is 4.85. The van der Waals surface area contributed by atoms with Crippen molar-refractivity contribution in [1.29, 1.82) is 0 Å². The lowest BCUT2D eigenvalue weighted by atomic mass is 10.2. The lowest BCUT2D eigenvalue weighted by Gasteiger charge is -1.88. The number of hydrogen-bond acceptors (Lipinski definition) is 0. The summed E-state index contributed by atoms with van der Waals surface area (Å²) in [4.78, 5) is 0. The van der Waals surface area contributed by atoms with Crippen molar-refractivity contribution in [2.75, 3.05) is 0 Å². The Hall–Kier alpha value is -0.300. The zero-order valence-electron chi connectivity index (χ0n) is 5.65. The Morgan fingerprint density at radius 2 is 2.00 bits per heavy atom. The van der Waals surface area contributed by atoms with Gasteiger partial charge in [0.1, 0.15) is 0 Å². The summed E-state index contributed by atoms with van der Waals surface area (Å²) in [6, 6.07) is 0. The third-order valence-corrected chi connectivity index (χ3v) is 1.22. The van der Waals surface area contributed by atoms with Crippen molar-refractivity contribution in [2.24, 2.45) is 0 Å². The van der Waals surface area contributed by atoms with Gasteiger partial charge in [-0.15, -0.1) is 0 Å². The molecule has 0 aromatic rings. The van der Waals surface area contributed by atoms with Crippen LogP contribution in [-0.4, -0.2) is 0 Å². The average Bonchev–Trinajstić information content (AvgIpc) is 1.83. The minimum Gasteiger partial charge on any atom is -0.0958 e. The highest BCUT2D eigenvalue weighted by molar-refractivity contribution is 9.11. The molecule has 9 heavy (non-hydrogen) atoms. The first-order chi connectivity index (χ1) is 4.16. The van der Waals surface area contributed by atoms with E-state index in [1.807, 2.05) is 12.2 Å². The molecular formula is C8H11Br. The Kier molecular flexibility index (Phi) is 4.41. The van der Waals surface area contributed by atoms with Gasteiger partial charge in [0.15, 0.2) is 0 Å². The Morgan fingerprint density at radius 3 is 2.33 bits per heavy atom. The summed E-state index contributed by atoms with van der Waals surface area (Å²) in [5, 5.41) is 0. The number of allylic oxidation sites excluding steroid dienone is 4. The van der Waals surface area contributed by atoms with Gasteiger partial charge in [0, 0.05) is 4.48 Å². The molecule has 0 heterocycles. The van der Waals surface area contributed by atoms with Crippen LogP contribution in [0.1, 0.15) is 13.3 Å². The van der Waals surface area contributed by atoms with Crippen LogP contribution in [0.3, 0.4) is 0 Å². The van der Waals surface area contributed by atoms with Gasteiger partial charge in [-0.05, 0) is 12.5 Å². The quantitative estimate of drug-likeness (QED) is 0.594. The standard InChI is InChI=1S/C8H11Br/c1-4-7(2)5-6-8(3)9/h5-6H,2-4H2,1H3. The zero-order chi connectivity index (χ0) is 7.28. The van der Waals surface area contributed by atoms with Crippen LogP contribution in [0, 0.1) is 0 Å². The highest BCUT2D eigenvalue weighted by atomic mass is 79.9. The Bertz CT molecular complexity index is 143. The van der Waals surface area contributed by atoms with E-state index in [0.717, 1.165) is 16.5 Å². The van der Waals surface area contributed by atoms with E-state index in [9.17, 15) is 0 Å². The molecule has 0 aliphatic carbocycles. The van der Waals surface area contributed by atoms with Crippen LogP contribution in [-0.2, 0) is 0 Å². The van der Waals surface area contributed by atoms with Gasteiger partial charge in [-0.1, -0.05) is 47.7 Å². The first kappa shape index (κ1) is 8.70. The Balaban J connectivity index is 3.71. The second kappa shape index (κ2) is 4.57. The van der Waals surface area contributed by atoms with Gasteiger partial charge < -0.3 is 0 Å². The third kappa shape index (κ3) is 5.57. The lowest BCUT2D eigenvalue weighted by molar-refractivity contribution is 1.16. The van der Waals surface area contributed by atoms with Crippen molar-refractivity contribution >= 4 is 15.9 Å². The highest BCUT2D eigenvalue weighted by Crippen LogP contribution is 2.05. The summed E-state index contributed by atoms with van der Waals surface area (Å²) >= 11 is 3.21. The van der Waals surface area contributed by atoms with Gasteiger partial charge in [-0.2, -0.15) is 0 Å². The van der Waals surface area contributed by atoms with Gasteiger partial charge in [-0.25, -0.2) is 0 Å². The molecule has 1 heteroatoms. The maximum absolute atomic E-state index is 3.80. The number of halogens is 1. The van der Waals surface area contributed by atoms with E-state index in [4.69, 9.17) is 0 Å². The molecule has 0 nitrogen and oxygen atoms in total. The first-order valence-electron chi connectivity index (χ1n) is 2.87. The molecule has 0 aliphatic rings. The summed E-state index contributed by atoms with van der Waals surface area (Å²) in [5.74, 6) is 0. The SMILES string of the molecule is C=C(Br)C=CC(=C)CC. The van der Waals surface area contributed by atoms with Gasteiger partial charge in [0.25, 0.3) is 0 Å². The molecule has 0 rings (SSSR count). The van der Waals surface area contributed by atoms with Crippen LogP contribution >= 0.6 is 15.9 Å². The Labute approximate surface area is 65.1 Å². The van der Waals surface area contributed by atoms with Gasteiger partial charge in [0.2, 0.25) is 0 Å². The van der Waals surface area contributed by atoms with Crippen molar-refractivity contribution in [3.05, 3.63) is 35.4 Å². The second-order valence-corrected chi connectivity index (χ2v) is 2.81. The predicted molar refractivity (Wildman–Crippen MR) is 46.6 cm³/mol. The van der Waals surface area contributed by atoms with Crippen molar-refractivity contribution in [3.63, 3.8) is 0 Å². The molecule has 0 bridgehead atoms. The third-order valence-electron chi connectivity index (χ3n) is 0.954. The molecule has 0 radical (unpaired) electrons. The van der Waals surface area contributed by atoms with Crippen molar-refractivity contribution in [2.45, 2.75) is 13.3 Å². The van der Waals surface area contributed by atoms with Crippen LogP contribution in [0.25, 0.3) is 0 Å². The van der Waals surface area contributed by atoms with E-state index in [1.54, 1.807) is 0 Å². The lowest BCUT2D eigenvalue weighted by Crippen LogP contribution is -1.67. The molecule has 0 amide bonds. The molecule has 0 saturated heterocycles. The van der Waals surface area contributed by atoms with Crippen molar-refractivity contribution < 1.29 is 0 Å². The van der Waals surface area contributed by atoms with E-state index >= 15 is 0 Å². The molecule has 0 saturated carbocycles. The molecule has 0 aromatic heterocycles. The summed E-state index contributed by atoms with van der Waals surface area (Å²) in [7, 11) is 0. The molecule has 0 fully saturated rings.